The van der Waals surface area contributed by atoms with Crippen LogP contribution in [0.2, 0.25) is 0 Å². The van der Waals surface area contributed by atoms with Crippen LogP contribution in [0, 0.1) is 17.5 Å². The fourth-order valence-corrected chi connectivity index (χ4v) is 1.28. The molecule has 4 nitrogen and oxygen atoms in total. The van der Waals surface area contributed by atoms with E-state index in [-0.39, 0.29) is 6.42 Å². The molecule has 0 saturated heterocycles. The zero-order chi connectivity index (χ0) is 13.9. The molecule has 1 rings (SSSR count). The third-order valence-electron chi connectivity index (χ3n) is 2.29. The molecule has 0 radical (unpaired) electrons. The van der Waals surface area contributed by atoms with Crippen molar-refractivity contribution in [3.8, 4) is 0 Å². The standard InChI is InChI=1S/C11H10F3NO3/c1-2-7(11(17)18)15-10(16)5-3-4-6(12)9(14)8(5)13/h3-4,7H,2H2,1H3,(H,15,16)(H,17,18)/t7-/m0/s1. The van der Waals surface area contributed by atoms with E-state index in [1.54, 1.807) is 0 Å². The number of aliphatic carboxylic acids is 1. The maximum atomic E-state index is 13.2. The summed E-state index contributed by atoms with van der Waals surface area (Å²) >= 11 is 0. The van der Waals surface area contributed by atoms with Gasteiger partial charge in [0.1, 0.15) is 6.04 Å². The molecular weight excluding hydrogens is 251 g/mol. The van der Waals surface area contributed by atoms with Gasteiger partial charge in [-0.1, -0.05) is 6.92 Å². The molecular formula is C11H10F3NO3. The number of hydrogen-bond acceptors (Lipinski definition) is 2. The zero-order valence-corrected chi connectivity index (χ0v) is 9.34. The minimum atomic E-state index is -1.77. The number of hydrogen-bond donors (Lipinski definition) is 2. The predicted molar refractivity (Wildman–Crippen MR) is 55.5 cm³/mol. The number of carbonyl (C=O) groups excluding carboxylic acids is 1. The first-order valence-corrected chi connectivity index (χ1v) is 5.05. The summed E-state index contributed by atoms with van der Waals surface area (Å²) in [5.41, 5.74) is -0.742. The summed E-state index contributed by atoms with van der Waals surface area (Å²) in [4.78, 5) is 22.2. The minimum Gasteiger partial charge on any atom is -0.480 e. The van der Waals surface area contributed by atoms with Crippen molar-refractivity contribution in [1.82, 2.24) is 5.32 Å². The fourth-order valence-electron chi connectivity index (χ4n) is 1.28. The van der Waals surface area contributed by atoms with Crippen LogP contribution in [0.15, 0.2) is 12.1 Å². The number of carbonyl (C=O) groups is 2. The smallest absolute Gasteiger partial charge is 0.326 e. The number of carboxylic acid groups (broad SMARTS) is 1. The van der Waals surface area contributed by atoms with Crippen molar-refractivity contribution in [1.29, 1.82) is 0 Å². The van der Waals surface area contributed by atoms with Gasteiger partial charge in [-0.3, -0.25) is 4.79 Å². The van der Waals surface area contributed by atoms with Crippen molar-refractivity contribution in [2.75, 3.05) is 0 Å². The van der Waals surface area contributed by atoms with Gasteiger partial charge in [-0.15, -0.1) is 0 Å². The molecule has 98 valence electrons. The minimum absolute atomic E-state index is 0.0758. The van der Waals surface area contributed by atoms with Crippen molar-refractivity contribution in [2.24, 2.45) is 0 Å². The van der Waals surface area contributed by atoms with Crippen LogP contribution in [0.1, 0.15) is 23.7 Å². The van der Waals surface area contributed by atoms with Gasteiger partial charge in [-0.25, -0.2) is 18.0 Å². The molecule has 0 aliphatic heterocycles. The van der Waals surface area contributed by atoms with E-state index in [1.807, 2.05) is 5.32 Å². The highest BCUT2D eigenvalue weighted by atomic mass is 19.2. The highest BCUT2D eigenvalue weighted by Gasteiger charge is 2.23. The van der Waals surface area contributed by atoms with E-state index in [1.165, 1.54) is 6.92 Å². The van der Waals surface area contributed by atoms with Gasteiger partial charge in [-0.05, 0) is 18.6 Å². The van der Waals surface area contributed by atoms with E-state index in [2.05, 4.69) is 0 Å². The molecule has 0 heterocycles. The van der Waals surface area contributed by atoms with E-state index < -0.39 is 40.9 Å². The molecule has 7 heteroatoms. The molecule has 0 aliphatic rings. The van der Waals surface area contributed by atoms with Gasteiger partial charge in [0.15, 0.2) is 17.5 Å². The first-order valence-electron chi connectivity index (χ1n) is 5.05. The monoisotopic (exact) mass is 261 g/mol. The van der Waals surface area contributed by atoms with Crippen molar-refractivity contribution >= 4 is 11.9 Å². The lowest BCUT2D eigenvalue weighted by molar-refractivity contribution is -0.139. The highest BCUT2D eigenvalue weighted by Crippen LogP contribution is 2.15. The zero-order valence-electron chi connectivity index (χ0n) is 9.34. The number of halogens is 3. The van der Waals surface area contributed by atoms with Crippen LogP contribution >= 0.6 is 0 Å². The van der Waals surface area contributed by atoms with Crippen LogP contribution in [0.4, 0.5) is 13.2 Å². The van der Waals surface area contributed by atoms with Gasteiger partial charge in [-0.2, -0.15) is 0 Å². The molecule has 0 aromatic heterocycles. The summed E-state index contributed by atoms with van der Waals surface area (Å²) in [6, 6.07) is 0.122. The molecule has 0 bridgehead atoms. The van der Waals surface area contributed by atoms with E-state index >= 15 is 0 Å². The third-order valence-corrected chi connectivity index (χ3v) is 2.29. The Bertz CT molecular complexity index is 491. The third kappa shape index (κ3) is 2.79. The summed E-state index contributed by atoms with van der Waals surface area (Å²) < 4.78 is 38.8. The summed E-state index contributed by atoms with van der Waals surface area (Å²) in [5, 5.41) is 10.7. The largest absolute Gasteiger partial charge is 0.480 e. The van der Waals surface area contributed by atoms with Crippen LogP contribution in [0.3, 0.4) is 0 Å². The Balaban J connectivity index is 2.98. The first-order chi connectivity index (χ1) is 8.38. The van der Waals surface area contributed by atoms with Gasteiger partial charge in [0.05, 0.1) is 5.56 Å². The lowest BCUT2D eigenvalue weighted by Crippen LogP contribution is -2.40. The Hall–Kier alpha value is -2.05. The highest BCUT2D eigenvalue weighted by molar-refractivity contribution is 5.96. The SMILES string of the molecule is CC[C@H](NC(=O)c1ccc(F)c(F)c1F)C(=O)O. The Morgan fingerprint density at radius 3 is 2.39 bits per heavy atom. The second-order valence-electron chi connectivity index (χ2n) is 3.50. The van der Waals surface area contributed by atoms with Crippen molar-refractivity contribution in [3.05, 3.63) is 35.1 Å². The maximum Gasteiger partial charge on any atom is 0.326 e. The summed E-state index contributed by atoms with van der Waals surface area (Å²) in [5.74, 6) is -7.25. The Morgan fingerprint density at radius 2 is 1.89 bits per heavy atom. The molecule has 18 heavy (non-hydrogen) atoms. The van der Waals surface area contributed by atoms with Crippen LogP contribution < -0.4 is 5.32 Å². The number of carboxylic acids is 1. The van der Waals surface area contributed by atoms with Crippen LogP contribution in [-0.4, -0.2) is 23.0 Å². The Labute approximate surface area is 100 Å². The normalized spacial score (nSPS) is 12.0. The quantitative estimate of drug-likeness (QED) is 0.810. The van der Waals surface area contributed by atoms with E-state index in [4.69, 9.17) is 5.11 Å². The number of benzene rings is 1. The second kappa shape index (κ2) is 5.52. The van der Waals surface area contributed by atoms with Gasteiger partial charge in [0, 0.05) is 0 Å². The average Bonchev–Trinajstić information content (AvgIpc) is 2.32. The van der Waals surface area contributed by atoms with Gasteiger partial charge in [0.25, 0.3) is 5.91 Å². The fraction of sp³-hybridized carbons (Fsp3) is 0.273. The number of nitrogens with one attached hydrogen (secondary N) is 1. The Morgan fingerprint density at radius 1 is 1.28 bits per heavy atom. The molecule has 2 N–H and O–H groups in total. The van der Waals surface area contributed by atoms with Crippen molar-refractivity contribution < 1.29 is 27.9 Å². The number of rotatable bonds is 4. The Kier molecular flexibility index (Phi) is 4.30. The first kappa shape index (κ1) is 14.0. The molecule has 0 spiro atoms. The summed E-state index contributed by atoms with van der Waals surface area (Å²) in [6.07, 6.45) is 0.0758. The number of amides is 1. The molecule has 0 unspecified atom stereocenters. The lowest BCUT2D eigenvalue weighted by Gasteiger charge is -2.12. The lowest BCUT2D eigenvalue weighted by atomic mass is 10.1. The summed E-state index contributed by atoms with van der Waals surface area (Å²) in [7, 11) is 0. The van der Waals surface area contributed by atoms with Crippen molar-refractivity contribution in [3.63, 3.8) is 0 Å². The molecule has 0 saturated carbocycles. The summed E-state index contributed by atoms with van der Waals surface area (Å²) in [6.45, 7) is 1.50. The molecule has 0 fully saturated rings. The van der Waals surface area contributed by atoms with Crippen LogP contribution in [0.25, 0.3) is 0 Å². The topological polar surface area (TPSA) is 66.4 Å². The van der Waals surface area contributed by atoms with Gasteiger partial charge in [0.2, 0.25) is 0 Å². The predicted octanol–water partition coefficient (Wildman–Crippen LogP) is 1.70. The van der Waals surface area contributed by atoms with E-state index in [0.717, 1.165) is 6.07 Å². The molecule has 1 atom stereocenters. The van der Waals surface area contributed by atoms with Crippen LogP contribution in [-0.2, 0) is 4.79 Å². The average molecular weight is 261 g/mol. The maximum absolute atomic E-state index is 13.2. The molecule has 1 amide bonds. The van der Waals surface area contributed by atoms with E-state index in [0.29, 0.717) is 6.07 Å². The molecule has 1 aromatic rings. The van der Waals surface area contributed by atoms with E-state index in [9.17, 15) is 22.8 Å². The van der Waals surface area contributed by atoms with Crippen LogP contribution in [0.5, 0.6) is 0 Å². The van der Waals surface area contributed by atoms with Crippen molar-refractivity contribution in [2.45, 2.75) is 19.4 Å². The van der Waals surface area contributed by atoms with Gasteiger partial charge < -0.3 is 10.4 Å². The molecule has 1 aromatic carbocycles. The van der Waals surface area contributed by atoms with Gasteiger partial charge >= 0.3 is 5.97 Å². The second-order valence-corrected chi connectivity index (χ2v) is 3.50. The molecule has 0 aliphatic carbocycles.